The molecule has 4 nitrogen and oxygen atoms in total. The predicted octanol–water partition coefficient (Wildman–Crippen LogP) is 1.82. The SMILES string of the molecule is CCOc1ccc(CNC(=O)NC)cc1C. The summed E-state index contributed by atoms with van der Waals surface area (Å²) in [5.74, 6) is 0.895. The van der Waals surface area contributed by atoms with Gasteiger partial charge in [-0.3, -0.25) is 0 Å². The first-order chi connectivity index (χ1) is 7.67. The molecule has 1 aromatic carbocycles. The Kier molecular flexibility index (Phi) is 4.64. The zero-order valence-electron chi connectivity index (χ0n) is 9.96. The molecule has 88 valence electrons. The molecular formula is C12H18N2O2. The van der Waals surface area contributed by atoms with Crippen molar-refractivity contribution in [3.05, 3.63) is 29.3 Å². The molecule has 1 aromatic rings. The van der Waals surface area contributed by atoms with Crippen LogP contribution < -0.4 is 15.4 Å². The Morgan fingerprint density at radius 2 is 2.19 bits per heavy atom. The number of urea groups is 1. The Hall–Kier alpha value is -1.71. The van der Waals surface area contributed by atoms with Crippen LogP contribution in [0.3, 0.4) is 0 Å². The zero-order valence-corrected chi connectivity index (χ0v) is 9.96. The van der Waals surface area contributed by atoms with Gasteiger partial charge >= 0.3 is 6.03 Å². The molecule has 0 aliphatic rings. The monoisotopic (exact) mass is 222 g/mol. The molecule has 0 saturated carbocycles. The van der Waals surface area contributed by atoms with Gasteiger partial charge in [0, 0.05) is 13.6 Å². The van der Waals surface area contributed by atoms with Gasteiger partial charge in [0.25, 0.3) is 0 Å². The maximum absolute atomic E-state index is 11.0. The smallest absolute Gasteiger partial charge is 0.314 e. The standard InChI is InChI=1S/C12H18N2O2/c1-4-16-11-6-5-10(7-9(11)2)8-14-12(15)13-3/h5-7H,4,8H2,1-3H3,(H2,13,14,15). The van der Waals surface area contributed by atoms with Crippen LogP contribution in [0.25, 0.3) is 0 Å². The van der Waals surface area contributed by atoms with E-state index in [4.69, 9.17) is 4.74 Å². The average Bonchev–Trinajstić information content (AvgIpc) is 2.29. The molecule has 4 heteroatoms. The fourth-order valence-electron chi connectivity index (χ4n) is 1.41. The molecule has 0 fully saturated rings. The van der Waals surface area contributed by atoms with Crippen LogP contribution in [-0.4, -0.2) is 19.7 Å². The van der Waals surface area contributed by atoms with Crippen molar-refractivity contribution in [2.24, 2.45) is 0 Å². The third kappa shape index (κ3) is 3.46. The molecule has 2 amide bonds. The lowest BCUT2D eigenvalue weighted by molar-refractivity contribution is 0.242. The summed E-state index contributed by atoms with van der Waals surface area (Å²) in [5, 5.41) is 5.24. The van der Waals surface area contributed by atoms with Gasteiger partial charge in [-0.1, -0.05) is 12.1 Å². The number of carbonyl (C=O) groups excluding carboxylic acids is 1. The van der Waals surface area contributed by atoms with Gasteiger partial charge in [0.05, 0.1) is 6.61 Å². The number of aryl methyl sites for hydroxylation is 1. The largest absolute Gasteiger partial charge is 0.494 e. The van der Waals surface area contributed by atoms with Gasteiger partial charge < -0.3 is 15.4 Å². The van der Waals surface area contributed by atoms with Gasteiger partial charge in [0.15, 0.2) is 0 Å². The van der Waals surface area contributed by atoms with E-state index in [1.165, 1.54) is 0 Å². The van der Waals surface area contributed by atoms with Gasteiger partial charge in [-0.15, -0.1) is 0 Å². The van der Waals surface area contributed by atoms with Crippen molar-refractivity contribution in [1.29, 1.82) is 0 Å². The maximum Gasteiger partial charge on any atom is 0.314 e. The molecule has 1 rings (SSSR count). The Bertz CT molecular complexity index is 364. The van der Waals surface area contributed by atoms with Gasteiger partial charge in [-0.05, 0) is 31.0 Å². The van der Waals surface area contributed by atoms with Crippen LogP contribution in [-0.2, 0) is 6.54 Å². The molecular weight excluding hydrogens is 204 g/mol. The van der Waals surface area contributed by atoms with Gasteiger partial charge in [0.2, 0.25) is 0 Å². The minimum atomic E-state index is -0.175. The molecule has 0 radical (unpaired) electrons. The van der Waals surface area contributed by atoms with Crippen LogP contribution in [0, 0.1) is 6.92 Å². The van der Waals surface area contributed by atoms with Crippen molar-refractivity contribution < 1.29 is 9.53 Å². The van der Waals surface area contributed by atoms with Crippen LogP contribution in [0.5, 0.6) is 5.75 Å². The molecule has 0 spiro atoms. The van der Waals surface area contributed by atoms with Crippen molar-refractivity contribution >= 4 is 6.03 Å². The Morgan fingerprint density at radius 3 is 2.75 bits per heavy atom. The first kappa shape index (κ1) is 12.4. The van der Waals surface area contributed by atoms with Crippen LogP contribution >= 0.6 is 0 Å². The number of rotatable bonds is 4. The van der Waals surface area contributed by atoms with Crippen molar-refractivity contribution in [2.75, 3.05) is 13.7 Å². The fourth-order valence-corrected chi connectivity index (χ4v) is 1.41. The zero-order chi connectivity index (χ0) is 12.0. The molecule has 0 unspecified atom stereocenters. The van der Waals surface area contributed by atoms with Crippen LogP contribution in [0.2, 0.25) is 0 Å². The number of carbonyl (C=O) groups is 1. The Morgan fingerprint density at radius 1 is 1.44 bits per heavy atom. The van der Waals surface area contributed by atoms with Gasteiger partial charge in [-0.2, -0.15) is 0 Å². The molecule has 0 aliphatic heterocycles. The summed E-state index contributed by atoms with van der Waals surface area (Å²) < 4.78 is 5.44. The second-order valence-electron chi connectivity index (χ2n) is 3.47. The quantitative estimate of drug-likeness (QED) is 0.816. The first-order valence-electron chi connectivity index (χ1n) is 5.35. The molecule has 0 heterocycles. The van der Waals surface area contributed by atoms with Crippen LogP contribution in [0.4, 0.5) is 4.79 Å². The maximum atomic E-state index is 11.0. The molecule has 0 aromatic heterocycles. The van der Waals surface area contributed by atoms with Crippen molar-refractivity contribution in [2.45, 2.75) is 20.4 Å². The van der Waals surface area contributed by atoms with Crippen molar-refractivity contribution in [3.8, 4) is 5.75 Å². The van der Waals surface area contributed by atoms with Crippen molar-refractivity contribution in [3.63, 3.8) is 0 Å². The minimum Gasteiger partial charge on any atom is -0.494 e. The number of ether oxygens (including phenoxy) is 1. The first-order valence-corrected chi connectivity index (χ1v) is 5.35. The van der Waals surface area contributed by atoms with Crippen LogP contribution in [0.15, 0.2) is 18.2 Å². The van der Waals surface area contributed by atoms with Crippen LogP contribution in [0.1, 0.15) is 18.1 Å². The van der Waals surface area contributed by atoms with E-state index >= 15 is 0 Å². The van der Waals surface area contributed by atoms with E-state index in [1.807, 2.05) is 32.0 Å². The number of amides is 2. The lowest BCUT2D eigenvalue weighted by Crippen LogP contribution is -2.32. The third-order valence-electron chi connectivity index (χ3n) is 2.22. The van der Waals surface area contributed by atoms with E-state index in [2.05, 4.69) is 10.6 Å². The molecule has 16 heavy (non-hydrogen) atoms. The highest BCUT2D eigenvalue weighted by Gasteiger charge is 2.01. The van der Waals surface area contributed by atoms with Gasteiger partial charge in [-0.25, -0.2) is 4.79 Å². The predicted molar refractivity (Wildman–Crippen MR) is 63.6 cm³/mol. The molecule has 2 N–H and O–H groups in total. The highest BCUT2D eigenvalue weighted by Crippen LogP contribution is 2.18. The lowest BCUT2D eigenvalue weighted by Gasteiger charge is -2.09. The fraction of sp³-hybridized carbons (Fsp3) is 0.417. The second-order valence-corrected chi connectivity index (χ2v) is 3.47. The highest BCUT2D eigenvalue weighted by atomic mass is 16.5. The normalized spacial score (nSPS) is 9.69. The topological polar surface area (TPSA) is 50.4 Å². The molecule has 0 saturated heterocycles. The average molecular weight is 222 g/mol. The number of hydrogen-bond acceptors (Lipinski definition) is 2. The summed E-state index contributed by atoms with van der Waals surface area (Å²) in [7, 11) is 1.60. The number of benzene rings is 1. The summed E-state index contributed by atoms with van der Waals surface area (Å²) in [6.07, 6.45) is 0. The summed E-state index contributed by atoms with van der Waals surface area (Å²) in [6.45, 7) is 5.14. The number of nitrogens with one attached hydrogen (secondary N) is 2. The number of hydrogen-bond donors (Lipinski definition) is 2. The summed E-state index contributed by atoms with van der Waals surface area (Å²) >= 11 is 0. The van der Waals surface area contributed by atoms with E-state index in [9.17, 15) is 4.79 Å². The van der Waals surface area contributed by atoms with Crippen molar-refractivity contribution in [1.82, 2.24) is 10.6 Å². The van der Waals surface area contributed by atoms with E-state index in [1.54, 1.807) is 7.05 Å². The molecule has 0 aliphatic carbocycles. The van der Waals surface area contributed by atoms with Gasteiger partial charge in [0.1, 0.15) is 5.75 Å². The second kappa shape index (κ2) is 6.00. The Labute approximate surface area is 96.0 Å². The lowest BCUT2D eigenvalue weighted by atomic mass is 10.1. The van der Waals surface area contributed by atoms with E-state index in [0.717, 1.165) is 16.9 Å². The van der Waals surface area contributed by atoms with E-state index in [0.29, 0.717) is 13.2 Å². The van der Waals surface area contributed by atoms with E-state index in [-0.39, 0.29) is 6.03 Å². The highest BCUT2D eigenvalue weighted by molar-refractivity contribution is 5.73. The molecule has 0 atom stereocenters. The summed E-state index contributed by atoms with van der Waals surface area (Å²) in [5.41, 5.74) is 2.14. The molecule has 0 bridgehead atoms. The minimum absolute atomic E-state index is 0.175. The summed E-state index contributed by atoms with van der Waals surface area (Å²) in [4.78, 5) is 11.0. The Balaban J connectivity index is 2.62. The van der Waals surface area contributed by atoms with E-state index < -0.39 is 0 Å². The summed E-state index contributed by atoms with van der Waals surface area (Å²) in [6, 6.07) is 5.72. The third-order valence-corrected chi connectivity index (χ3v) is 2.22.